The van der Waals surface area contributed by atoms with Crippen molar-refractivity contribution in [1.82, 2.24) is 15.5 Å². The van der Waals surface area contributed by atoms with Crippen LogP contribution in [-0.4, -0.2) is 75.5 Å². The molecule has 0 radical (unpaired) electrons. The molecule has 2 saturated heterocycles. The Morgan fingerprint density at radius 2 is 2.17 bits per heavy atom. The molecule has 2 aliphatic rings. The maximum absolute atomic E-state index is 5.78. The number of ether oxygens (including phenoxy) is 2. The van der Waals surface area contributed by atoms with Gasteiger partial charge in [0, 0.05) is 32.3 Å². The Kier molecular flexibility index (Phi) is 12.0. The SMILES string of the molecule is CCNC(=NCC1CCCN1CC)NCCCOC1CCOC1.I. The molecule has 24 heavy (non-hydrogen) atoms. The number of hydrogen-bond donors (Lipinski definition) is 2. The minimum absolute atomic E-state index is 0. The van der Waals surface area contributed by atoms with Crippen molar-refractivity contribution in [1.29, 1.82) is 0 Å². The van der Waals surface area contributed by atoms with Gasteiger partial charge in [0.2, 0.25) is 0 Å². The van der Waals surface area contributed by atoms with Gasteiger partial charge in [0.1, 0.15) is 0 Å². The Labute approximate surface area is 164 Å². The smallest absolute Gasteiger partial charge is 0.191 e. The zero-order valence-electron chi connectivity index (χ0n) is 15.3. The highest BCUT2D eigenvalue weighted by Crippen LogP contribution is 2.16. The summed E-state index contributed by atoms with van der Waals surface area (Å²) in [5.74, 6) is 0.930. The van der Waals surface area contributed by atoms with Crippen LogP contribution in [0.4, 0.5) is 0 Å². The average Bonchev–Trinajstić information content (AvgIpc) is 3.23. The molecule has 0 amide bonds. The molecule has 2 fully saturated rings. The molecule has 0 spiro atoms. The number of rotatable bonds is 9. The third kappa shape index (κ3) is 7.84. The van der Waals surface area contributed by atoms with E-state index in [1.165, 1.54) is 19.4 Å². The zero-order chi connectivity index (χ0) is 16.3. The van der Waals surface area contributed by atoms with Gasteiger partial charge >= 0.3 is 0 Å². The van der Waals surface area contributed by atoms with E-state index in [4.69, 9.17) is 14.5 Å². The number of guanidine groups is 1. The van der Waals surface area contributed by atoms with Crippen LogP contribution >= 0.6 is 24.0 Å². The molecular weight excluding hydrogens is 419 g/mol. The molecule has 6 nitrogen and oxygen atoms in total. The summed E-state index contributed by atoms with van der Waals surface area (Å²) in [6.07, 6.45) is 4.91. The Hall–Kier alpha value is -0.120. The molecule has 2 heterocycles. The standard InChI is InChI=1S/C17H34N4O2.HI/c1-3-18-17(20-13-15-7-5-10-21(15)4-2)19-9-6-11-23-16-8-12-22-14-16;/h15-16H,3-14H2,1-2H3,(H2,18,19,20);1H. The highest BCUT2D eigenvalue weighted by Gasteiger charge is 2.22. The van der Waals surface area contributed by atoms with Gasteiger partial charge in [-0.2, -0.15) is 0 Å². The lowest BCUT2D eigenvalue weighted by Crippen LogP contribution is -2.39. The summed E-state index contributed by atoms with van der Waals surface area (Å²) in [5.41, 5.74) is 0. The lowest BCUT2D eigenvalue weighted by atomic mass is 10.2. The second kappa shape index (κ2) is 13.1. The number of likely N-dealkylation sites (tertiary alicyclic amines) is 1. The van der Waals surface area contributed by atoms with Crippen LogP contribution < -0.4 is 10.6 Å². The Bertz CT molecular complexity index is 351. The van der Waals surface area contributed by atoms with Crippen molar-refractivity contribution in [3.05, 3.63) is 0 Å². The molecule has 2 aliphatic heterocycles. The molecule has 0 saturated carbocycles. The highest BCUT2D eigenvalue weighted by atomic mass is 127. The summed E-state index contributed by atoms with van der Waals surface area (Å²) in [7, 11) is 0. The molecule has 2 atom stereocenters. The van der Waals surface area contributed by atoms with Crippen LogP contribution in [0.1, 0.15) is 39.5 Å². The van der Waals surface area contributed by atoms with Crippen LogP contribution in [-0.2, 0) is 9.47 Å². The van der Waals surface area contributed by atoms with E-state index < -0.39 is 0 Å². The lowest BCUT2D eigenvalue weighted by Gasteiger charge is -2.21. The summed E-state index contributed by atoms with van der Waals surface area (Å²) in [6, 6.07) is 0.612. The molecular formula is C17H35IN4O2. The monoisotopic (exact) mass is 454 g/mol. The highest BCUT2D eigenvalue weighted by molar-refractivity contribution is 14.0. The molecule has 142 valence electrons. The van der Waals surface area contributed by atoms with E-state index in [0.29, 0.717) is 12.1 Å². The first-order valence-electron chi connectivity index (χ1n) is 9.29. The Morgan fingerprint density at radius 1 is 1.29 bits per heavy atom. The van der Waals surface area contributed by atoms with Crippen LogP contribution in [0.3, 0.4) is 0 Å². The predicted molar refractivity (Wildman–Crippen MR) is 109 cm³/mol. The van der Waals surface area contributed by atoms with Crippen LogP contribution in [0.15, 0.2) is 4.99 Å². The number of halogens is 1. The number of nitrogens with one attached hydrogen (secondary N) is 2. The van der Waals surface area contributed by atoms with Crippen molar-refractivity contribution < 1.29 is 9.47 Å². The fourth-order valence-electron chi connectivity index (χ4n) is 3.23. The fourth-order valence-corrected chi connectivity index (χ4v) is 3.23. The molecule has 0 aromatic heterocycles. The van der Waals surface area contributed by atoms with Crippen molar-refractivity contribution in [2.45, 2.75) is 51.7 Å². The molecule has 7 heteroatoms. The van der Waals surface area contributed by atoms with Crippen LogP contribution in [0.25, 0.3) is 0 Å². The van der Waals surface area contributed by atoms with Gasteiger partial charge < -0.3 is 20.1 Å². The number of aliphatic imine (C=N–C) groups is 1. The fraction of sp³-hybridized carbons (Fsp3) is 0.941. The largest absolute Gasteiger partial charge is 0.379 e. The van der Waals surface area contributed by atoms with E-state index in [1.54, 1.807) is 0 Å². The molecule has 0 aromatic carbocycles. The average molecular weight is 454 g/mol. The van der Waals surface area contributed by atoms with E-state index in [1.807, 2.05) is 0 Å². The second-order valence-corrected chi connectivity index (χ2v) is 6.28. The molecule has 2 unspecified atom stereocenters. The van der Waals surface area contributed by atoms with Gasteiger partial charge in [-0.3, -0.25) is 9.89 Å². The Morgan fingerprint density at radius 3 is 2.88 bits per heavy atom. The molecule has 2 rings (SSSR count). The topological polar surface area (TPSA) is 58.1 Å². The van der Waals surface area contributed by atoms with E-state index in [-0.39, 0.29) is 24.0 Å². The third-order valence-corrected chi connectivity index (χ3v) is 4.56. The van der Waals surface area contributed by atoms with Crippen molar-refractivity contribution in [2.75, 3.05) is 52.5 Å². The first-order chi connectivity index (χ1) is 11.3. The zero-order valence-corrected chi connectivity index (χ0v) is 17.6. The van der Waals surface area contributed by atoms with Gasteiger partial charge in [-0.1, -0.05) is 6.92 Å². The van der Waals surface area contributed by atoms with Crippen molar-refractivity contribution in [2.24, 2.45) is 4.99 Å². The van der Waals surface area contributed by atoms with E-state index in [9.17, 15) is 0 Å². The first kappa shape index (κ1) is 21.9. The van der Waals surface area contributed by atoms with E-state index in [0.717, 1.165) is 64.8 Å². The van der Waals surface area contributed by atoms with Gasteiger partial charge in [0.15, 0.2) is 5.96 Å². The molecule has 0 aromatic rings. The third-order valence-electron chi connectivity index (χ3n) is 4.56. The van der Waals surface area contributed by atoms with Crippen LogP contribution in [0, 0.1) is 0 Å². The van der Waals surface area contributed by atoms with Gasteiger partial charge in [0.05, 0.1) is 19.3 Å². The van der Waals surface area contributed by atoms with Gasteiger partial charge in [-0.25, -0.2) is 0 Å². The van der Waals surface area contributed by atoms with Crippen LogP contribution in [0.2, 0.25) is 0 Å². The Balaban J connectivity index is 0.00000288. The predicted octanol–water partition coefficient (Wildman–Crippen LogP) is 1.84. The molecule has 2 N–H and O–H groups in total. The van der Waals surface area contributed by atoms with Gasteiger partial charge in [-0.15, -0.1) is 24.0 Å². The number of hydrogen-bond acceptors (Lipinski definition) is 4. The lowest BCUT2D eigenvalue weighted by molar-refractivity contribution is 0.0420. The van der Waals surface area contributed by atoms with E-state index in [2.05, 4.69) is 29.4 Å². The molecule has 0 bridgehead atoms. The summed E-state index contributed by atoms with van der Waals surface area (Å²) in [5, 5.41) is 6.74. The second-order valence-electron chi connectivity index (χ2n) is 6.28. The van der Waals surface area contributed by atoms with Gasteiger partial charge in [-0.05, 0) is 45.7 Å². The maximum atomic E-state index is 5.78. The van der Waals surface area contributed by atoms with Crippen LogP contribution in [0.5, 0.6) is 0 Å². The summed E-state index contributed by atoms with van der Waals surface area (Å²) in [4.78, 5) is 7.29. The minimum Gasteiger partial charge on any atom is -0.379 e. The normalized spacial score (nSPS) is 24.8. The maximum Gasteiger partial charge on any atom is 0.191 e. The summed E-state index contributed by atoms with van der Waals surface area (Å²) < 4.78 is 11.1. The first-order valence-corrected chi connectivity index (χ1v) is 9.29. The van der Waals surface area contributed by atoms with Crippen molar-refractivity contribution in [3.8, 4) is 0 Å². The number of nitrogens with zero attached hydrogens (tertiary/aromatic N) is 2. The molecule has 0 aliphatic carbocycles. The van der Waals surface area contributed by atoms with Crippen molar-refractivity contribution in [3.63, 3.8) is 0 Å². The quantitative estimate of drug-likeness (QED) is 0.241. The van der Waals surface area contributed by atoms with Crippen molar-refractivity contribution >= 4 is 29.9 Å². The summed E-state index contributed by atoms with van der Waals surface area (Å²) in [6.45, 7) is 11.8. The van der Waals surface area contributed by atoms with Gasteiger partial charge in [0.25, 0.3) is 0 Å². The minimum atomic E-state index is 0. The summed E-state index contributed by atoms with van der Waals surface area (Å²) >= 11 is 0. The van der Waals surface area contributed by atoms with E-state index >= 15 is 0 Å². The number of likely N-dealkylation sites (N-methyl/N-ethyl adjacent to an activating group) is 1.